The van der Waals surface area contributed by atoms with Crippen LogP contribution in [0.4, 0.5) is 5.13 Å². The number of nitrogens with one attached hydrogen (secondary N) is 2. The molecule has 0 spiro atoms. The molecule has 1 heterocycles. The summed E-state index contributed by atoms with van der Waals surface area (Å²) in [5.74, 6) is -0.558. The summed E-state index contributed by atoms with van der Waals surface area (Å²) in [5, 5.41) is 21.2. The van der Waals surface area contributed by atoms with Crippen LogP contribution in [0.2, 0.25) is 0 Å². The van der Waals surface area contributed by atoms with Crippen LogP contribution in [0.1, 0.15) is 16.1 Å². The van der Waals surface area contributed by atoms with E-state index in [2.05, 4.69) is 15.5 Å². The largest absolute Gasteiger partial charge is 0.356 e. The Kier molecular flexibility index (Phi) is 4.80. The molecule has 0 unspecified atom stereocenters. The molecular weight excluding hydrogens is 276 g/mol. The van der Waals surface area contributed by atoms with Crippen molar-refractivity contribution in [3.8, 4) is 0 Å². The van der Waals surface area contributed by atoms with Crippen LogP contribution in [-0.2, 0) is 11.3 Å². The number of rotatable bonds is 5. The molecule has 0 aliphatic carbocycles. The Morgan fingerprint density at radius 3 is 3.00 bits per heavy atom. The highest BCUT2D eigenvalue weighted by atomic mass is 32.1. The first-order chi connectivity index (χ1) is 9.67. The minimum Gasteiger partial charge on any atom is -0.356 e. The molecule has 1 aromatic heterocycles. The lowest BCUT2D eigenvalue weighted by molar-refractivity contribution is -0.124. The van der Waals surface area contributed by atoms with Crippen molar-refractivity contribution in [3.05, 3.63) is 46.5 Å². The molecule has 0 bridgehead atoms. The van der Waals surface area contributed by atoms with Gasteiger partial charge in [-0.05, 0) is 30.2 Å². The lowest BCUT2D eigenvalue weighted by atomic mass is 10.1. The average molecular weight is 290 g/mol. The number of nitrogens with zero attached hydrogens (tertiary/aromatic N) is 2. The number of anilines is 1. The Labute approximate surface area is 120 Å². The average Bonchev–Trinajstić information content (AvgIpc) is 2.88. The van der Waals surface area contributed by atoms with E-state index < -0.39 is 5.91 Å². The second-order valence-corrected chi connectivity index (χ2v) is 5.22. The summed E-state index contributed by atoms with van der Waals surface area (Å²) >= 11 is 1.50. The van der Waals surface area contributed by atoms with E-state index in [1.165, 1.54) is 17.4 Å². The van der Waals surface area contributed by atoms with Gasteiger partial charge < -0.3 is 5.32 Å². The Bertz CT molecular complexity index is 624. The van der Waals surface area contributed by atoms with Gasteiger partial charge >= 0.3 is 0 Å². The third kappa shape index (κ3) is 4.15. The van der Waals surface area contributed by atoms with Gasteiger partial charge in [0.15, 0.2) is 0 Å². The normalized spacial score (nSPS) is 10.7. The van der Waals surface area contributed by atoms with Crippen molar-refractivity contribution in [3.63, 3.8) is 0 Å². The molecule has 1 amide bonds. The quantitative estimate of drug-likeness (QED) is 0.445. The van der Waals surface area contributed by atoms with Gasteiger partial charge in [-0.15, -0.1) is 10.2 Å². The third-order valence-electron chi connectivity index (χ3n) is 2.46. The maximum absolute atomic E-state index is 10.9. The van der Waals surface area contributed by atoms with Crippen molar-refractivity contribution >= 4 is 28.5 Å². The Hall–Kier alpha value is -2.25. The van der Waals surface area contributed by atoms with Gasteiger partial charge in [-0.3, -0.25) is 10.0 Å². The summed E-state index contributed by atoms with van der Waals surface area (Å²) in [6, 6.07) is 7.70. The first-order valence-corrected chi connectivity index (χ1v) is 6.74. The molecule has 3 N–H and O–H groups in total. The van der Waals surface area contributed by atoms with Gasteiger partial charge in [-0.2, -0.15) is 0 Å². The van der Waals surface area contributed by atoms with Gasteiger partial charge in [0.25, 0.3) is 5.91 Å². The lowest BCUT2D eigenvalue weighted by Crippen LogP contribution is -2.14. The third-order valence-corrected chi connectivity index (χ3v) is 3.25. The van der Waals surface area contributed by atoms with E-state index in [0.717, 1.165) is 21.3 Å². The molecule has 20 heavy (non-hydrogen) atoms. The van der Waals surface area contributed by atoms with Crippen LogP contribution < -0.4 is 10.8 Å². The van der Waals surface area contributed by atoms with Crippen molar-refractivity contribution in [1.29, 1.82) is 0 Å². The van der Waals surface area contributed by atoms with Crippen molar-refractivity contribution in [2.45, 2.75) is 13.5 Å². The van der Waals surface area contributed by atoms with Crippen LogP contribution >= 0.6 is 11.3 Å². The molecule has 0 radical (unpaired) electrons. The maximum atomic E-state index is 10.9. The fourth-order valence-corrected chi connectivity index (χ4v) is 2.15. The molecule has 0 fully saturated rings. The highest BCUT2D eigenvalue weighted by molar-refractivity contribution is 7.15. The number of hydroxylamine groups is 1. The van der Waals surface area contributed by atoms with E-state index in [-0.39, 0.29) is 0 Å². The van der Waals surface area contributed by atoms with Gasteiger partial charge in [0.05, 0.1) is 0 Å². The molecule has 0 saturated carbocycles. The fourth-order valence-electron chi connectivity index (χ4n) is 1.56. The van der Waals surface area contributed by atoms with E-state index in [9.17, 15) is 4.79 Å². The molecule has 7 heteroatoms. The second-order valence-electron chi connectivity index (χ2n) is 4.03. The summed E-state index contributed by atoms with van der Waals surface area (Å²) in [4.78, 5) is 10.9. The minimum atomic E-state index is -0.558. The van der Waals surface area contributed by atoms with E-state index in [4.69, 9.17) is 5.21 Å². The van der Waals surface area contributed by atoms with Crippen molar-refractivity contribution < 1.29 is 10.0 Å². The van der Waals surface area contributed by atoms with Crippen LogP contribution in [-0.4, -0.2) is 21.3 Å². The van der Waals surface area contributed by atoms with E-state index in [1.54, 1.807) is 11.6 Å². The number of aromatic nitrogens is 2. The van der Waals surface area contributed by atoms with Crippen LogP contribution in [0, 0.1) is 6.92 Å². The number of hydrogen-bond acceptors (Lipinski definition) is 6. The lowest BCUT2D eigenvalue weighted by Gasteiger charge is -2.03. The molecule has 0 saturated heterocycles. The standard InChI is InChI=1S/C13H14N4O2S/c1-9-15-16-13(20-9)14-8-11-4-2-3-10(7-11)5-6-12(18)17-19/h2-7,19H,8H2,1H3,(H,14,16)(H,17,18)/b6-5+. The second kappa shape index (κ2) is 6.78. The van der Waals surface area contributed by atoms with Crippen molar-refractivity contribution in [2.24, 2.45) is 0 Å². The predicted octanol–water partition coefficient (Wildman–Crippen LogP) is 1.98. The topological polar surface area (TPSA) is 87.1 Å². The van der Waals surface area contributed by atoms with Crippen molar-refractivity contribution in [1.82, 2.24) is 15.7 Å². The highest BCUT2D eigenvalue weighted by Gasteiger charge is 2.00. The van der Waals surface area contributed by atoms with Crippen LogP contribution in [0.3, 0.4) is 0 Å². The van der Waals surface area contributed by atoms with Gasteiger partial charge in [0.2, 0.25) is 5.13 Å². The van der Waals surface area contributed by atoms with Gasteiger partial charge in [-0.25, -0.2) is 5.48 Å². The predicted molar refractivity (Wildman–Crippen MR) is 77.4 cm³/mol. The van der Waals surface area contributed by atoms with Gasteiger partial charge in [0, 0.05) is 12.6 Å². The number of hydrogen-bond donors (Lipinski definition) is 3. The summed E-state index contributed by atoms with van der Waals surface area (Å²) in [5.41, 5.74) is 3.48. The number of carbonyl (C=O) groups excluding carboxylic acids is 1. The Balaban J connectivity index is 1.99. The highest BCUT2D eigenvalue weighted by Crippen LogP contribution is 2.15. The van der Waals surface area contributed by atoms with Crippen LogP contribution in [0.5, 0.6) is 0 Å². The number of carbonyl (C=O) groups is 1. The number of amides is 1. The molecule has 1 aromatic carbocycles. The summed E-state index contributed by atoms with van der Waals surface area (Å²) in [6.07, 6.45) is 2.89. The maximum Gasteiger partial charge on any atom is 0.267 e. The zero-order chi connectivity index (χ0) is 14.4. The first-order valence-electron chi connectivity index (χ1n) is 5.92. The Morgan fingerprint density at radius 2 is 2.30 bits per heavy atom. The molecule has 0 aliphatic heterocycles. The van der Waals surface area contributed by atoms with Gasteiger partial charge in [0.1, 0.15) is 5.01 Å². The monoisotopic (exact) mass is 290 g/mol. The zero-order valence-corrected chi connectivity index (χ0v) is 11.6. The Morgan fingerprint density at radius 1 is 1.45 bits per heavy atom. The molecule has 104 valence electrons. The molecular formula is C13H14N4O2S. The summed E-state index contributed by atoms with van der Waals surface area (Å²) in [7, 11) is 0. The van der Waals surface area contributed by atoms with E-state index in [0.29, 0.717) is 6.54 Å². The molecule has 2 rings (SSSR count). The molecule has 0 aliphatic rings. The first kappa shape index (κ1) is 14.2. The summed E-state index contributed by atoms with van der Waals surface area (Å²) < 4.78 is 0. The van der Waals surface area contributed by atoms with Crippen LogP contribution in [0.15, 0.2) is 30.3 Å². The van der Waals surface area contributed by atoms with E-state index in [1.807, 2.05) is 31.2 Å². The molecule has 6 nitrogen and oxygen atoms in total. The fraction of sp³-hybridized carbons (Fsp3) is 0.154. The molecule has 2 aromatic rings. The SMILES string of the molecule is Cc1nnc(NCc2cccc(/C=C/C(=O)NO)c2)s1. The van der Waals surface area contributed by atoms with Crippen LogP contribution in [0.25, 0.3) is 6.08 Å². The molecule has 0 atom stereocenters. The number of benzene rings is 1. The smallest absolute Gasteiger partial charge is 0.267 e. The van der Waals surface area contributed by atoms with E-state index >= 15 is 0 Å². The number of aryl methyl sites for hydroxylation is 1. The van der Waals surface area contributed by atoms with Gasteiger partial charge in [-0.1, -0.05) is 29.5 Å². The summed E-state index contributed by atoms with van der Waals surface area (Å²) in [6.45, 7) is 2.53. The van der Waals surface area contributed by atoms with Crippen molar-refractivity contribution in [2.75, 3.05) is 5.32 Å². The minimum absolute atomic E-state index is 0.558. The zero-order valence-electron chi connectivity index (χ0n) is 10.8.